The van der Waals surface area contributed by atoms with Gasteiger partial charge in [-0.3, -0.25) is 0 Å². The van der Waals surface area contributed by atoms with Gasteiger partial charge in [-0.1, -0.05) is 13.8 Å². The highest BCUT2D eigenvalue weighted by Crippen LogP contribution is 2.29. The third kappa shape index (κ3) is 3.73. The molecule has 0 aromatic rings. The van der Waals surface area contributed by atoms with Crippen LogP contribution in [0.3, 0.4) is 0 Å². The lowest BCUT2D eigenvalue weighted by Crippen LogP contribution is -2.43. The highest BCUT2D eigenvalue weighted by Gasteiger charge is 2.24. The summed E-state index contributed by atoms with van der Waals surface area (Å²) in [6.45, 7) is 4.59. The smallest absolute Gasteiger partial charge is 0.317 e. The monoisotopic (exact) mass is 212 g/mol. The zero-order chi connectivity index (χ0) is 11.4. The Morgan fingerprint density at radius 1 is 1.20 bits per heavy atom. The van der Waals surface area contributed by atoms with Crippen molar-refractivity contribution in [2.24, 2.45) is 11.8 Å². The van der Waals surface area contributed by atoms with E-state index in [9.17, 15) is 4.79 Å². The van der Waals surface area contributed by atoms with Gasteiger partial charge < -0.3 is 10.2 Å². The van der Waals surface area contributed by atoms with E-state index in [0.29, 0.717) is 6.04 Å². The number of carbonyl (C=O) groups is 1. The fourth-order valence-corrected chi connectivity index (χ4v) is 2.23. The molecule has 1 N–H and O–H groups in total. The molecule has 88 valence electrons. The lowest BCUT2D eigenvalue weighted by molar-refractivity contribution is 0.197. The fraction of sp³-hybridized carbons (Fsp3) is 0.917. The highest BCUT2D eigenvalue weighted by molar-refractivity contribution is 5.73. The molecule has 0 spiro atoms. The van der Waals surface area contributed by atoms with Crippen molar-refractivity contribution >= 4 is 6.03 Å². The normalized spacial score (nSPS) is 26.5. The second-order valence-corrected chi connectivity index (χ2v) is 5.20. The van der Waals surface area contributed by atoms with Gasteiger partial charge >= 0.3 is 6.03 Å². The predicted octanol–water partition coefficient (Wildman–Crippen LogP) is 2.47. The minimum atomic E-state index is 0.0444. The zero-order valence-corrected chi connectivity index (χ0v) is 10.4. The molecule has 0 aliphatic heterocycles. The molecule has 0 aromatic carbocycles. The van der Waals surface area contributed by atoms with Gasteiger partial charge in [-0.25, -0.2) is 4.79 Å². The summed E-state index contributed by atoms with van der Waals surface area (Å²) in [6.07, 6.45) is 4.80. The fourth-order valence-electron chi connectivity index (χ4n) is 2.23. The van der Waals surface area contributed by atoms with Crippen LogP contribution < -0.4 is 5.32 Å². The summed E-state index contributed by atoms with van der Waals surface area (Å²) in [5.41, 5.74) is 0. The second kappa shape index (κ2) is 5.38. The molecule has 1 aliphatic rings. The van der Waals surface area contributed by atoms with Crippen molar-refractivity contribution in [1.82, 2.24) is 10.2 Å². The van der Waals surface area contributed by atoms with Crippen molar-refractivity contribution in [1.29, 1.82) is 0 Å². The molecule has 1 fully saturated rings. The molecule has 3 nitrogen and oxygen atoms in total. The number of rotatable bonds is 2. The molecule has 1 aliphatic carbocycles. The number of carbonyl (C=O) groups excluding carboxylic acids is 1. The third-order valence-corrected chi connectivity index (χ3v) is 3.45. The predicted molar refractivity (Wildman–Crippen MR) is 62.8 cm³/mol. The molecule has 0 heterocycles. The summed E-state index contributed by atoms with van der Waals surface area (Å²) >= 11 is 0. The largest absolute Gasteiger partial charge is 0.335 e. The molecular formula is C12H24N2O. The number of amides is 2. The van der Waals surface area contributed by atoms with Gasteiger partial charge in [0.25, 0.3) is 0 Å². The first-order valence-corrected chi connectivity index (χ1v) is 5.98. The third-order valence-electron chi connectivity index (χ3n) is 3.45. The number of hydrogen-bond donors (Lipinski definition) is 1. The number of hydrogen-bond acceptors (Lipinski definition) is 1. The van der Waals surface area contributed by atoms with Gasteiger partial charge in [-0.2, -0.15) is 0 Å². The summed E-state index contributed by atoms with van der Waals surface area (Å²) in [5.74, 6) is 1.65. The summed E-state index contributed by atoms with van der Waals surface area (Å²) in [5, 5.41) is 3.06. The molecular weight excluding hydrogens is 188 g/mol. The van der Waals surface area contributed by atoms with Crippen molar-refractivity contribution in [2.45, 2.75) is 45.6 Å². The summed E-state index contributed by atoms with van der Waals surface area (Å²) in [6, 6.07) is 0.442. The van der Waals surface area contributed by atoms with Crippen LogP contribution in [0, 0.1) is 11.8 Å². The summed E-state index contributed by atoms with van der Waals surface area (Å²) in [7, 11) is 3.57. The Bertz CT molecular complexity index is 206. The van der Waals surface area contributed by atoms with E-state index in [4.69, 9.17) is 0 Å². The minimum Gasteiger partial charge on any atom is -0.335 e. The molecule has 3 heteroatoms. The molecule has 0 bridgehead atoms. The molecule has 1 rings (SSSR count). The molecule has 2 amide bonds. The highest BCUT2D eigenvalue weighted by atomic mass is 16.2. The van der Waals surface area contributed by atoms with Crippen LogP contribution in [0.25, 0.3) is 0 Å². The van der Waals surface area contributed by atoms with Gasteiger partial charge in [0.15, 0.2) is 0 Å². The Labute approximate surface area is 93.2 Å². The van der Waals surface area contributed by atoms with Crippen LogP contribution >= 0.6 is 0 Å². The second-order valence-electron chi connectivity index (χ2n) is 5.20. The van der Waals surface area contributed by atoms with E-state index in [2.05, 4.69) is 19.2 Å². The van der Waals surface area contributed by atoms with Crippen molar-refractivity contribution in [2.75, 3.05) is 14.1 Å². The maximum Gasteiger partial charge on any atom is 0.317 e. The molecule has 0 radical (unpaired) electrons. The van der Waals surface area contributed by atoms with Gasteiger partial charge in [-0.05, 0) is 37.5 Å². The molecule has 0 unspecified atom stereocenters. The number of nitrogens with one attached hydrogen (secondary N) is 1. The van der Waals surface area contributed by atoms with Crippen LogP contribution in [-0.2, 0) is 0 Å². The standard InChI is InChI=1S/C12H24N2O/c1-9(2)10-5-7-11(8-6-10)13-12(15)14(3)4/h9-11H,5-8H2,1-4H3,(H,13,15). The average molecular weight is 212 g/mol. The average Bonchev–Trinajstić information content (AvgIpc) is 2.18. The van der Waals surface area contributed by atoms with E-state index < -0.39 is 0 Å². The Morgan fingerprint density at radius 2 is 1.73 bits per heavy atom. The van der Waals surface area contributed by atoms with E-state index in [1.165, 1.54) is 12.8 Å². The van der Waals surface area contributed by atoms with Crippen molar-refractivity contribution in [3.8, 4) is 0 Å². The molecule has 0 atom stereocenters. The zero-order valence-electron chi connectivity index (χ0n) is 10.4. The Morgan fingerprint density at radius 3 is 2.13 bits per heavy atom. The minimum absolute atomic E-state index is 0.0444. The van der Waals surface area contributed by atoms with Crippen molar-refractivity contribution in [3.05, 3.63) is 0 Å². The molecule has 0 saturated heterocycles. The van der Waals surface area contributed by atoms with E-state index in [1.54, 1.807) is 19.0 Å². The Balaban J connectivity index is 2.29. The summed E-state index contributed by atoms with van der Waals surface area (Å²) in [4.78, 5) is 13.0. The van der Waals surface area contributed by atoms with Crippen LogP contribution in [0.4, 0.5) is 4.79 Å². The summed E-state index contributed by atoms with van der Waals surface area (Å²) < 4.78 is 0. The van der Waals surface area contributed by atoms with E-state index in [-0.39, 0.29) is 6.03 Å². The number of nitrogens with zero attached hydrogens (tertiary/aromatic N) is 1. The first kappa shape index (κ1) is 12.3. The lowest BCUT2D eigenvalue weighted by atomic mass is 9.80. The Hall–Kier alpha value is -0.730. The lowest BCUT2D eigenvalue weighted by Gasteiger charge is -2.31. The van der Waals surface area contributed by atoms with E-state index in [0.717, 1.165) is 24.7 Å². The maximum absolute atomic E-state index is 11.4. The van der Waals surface area contributed by atoms with Crippen LogP contribution in [0.5, 0.6) is 0 Å². The van der Waals surface area contributed by atoms with Gasteiger partial charge in [0.1, 0.15) is 0 Å². The van der Waals surface area contributed by atoms with Crippen molar-refractivity contribution < 1.29 is 4.79 Å². The van der Waals surface area contributed by atoms with Crippen LogP contribution in [0.1, 0.15) is 39.5 Å². The van der Waals surface area contributed by atoms with Gasteiger partial charge in [0.2, 0.25) is 0 Å². The van der Waals surface area contributed by atoms with Gasteiger partial charge in [0.05, 0.1) is 0 Å². The quantitative estimate of drug-likeness (QED) is 0.749. The van der Waals surface area contributed by atoms with Gasteiger partial charge in [-0.15, -0.1) is 0 Å². The topological polar surface area (TPSA) is 32.3 Å². The van der Waals surface area contributed by atoms with Crippen LogP contribution in [-0.4, -0.2) is 31.1 Å². The SMILES string of the molecule is CC(C)C1CCC(NC(=O)N(C)C)CC1. The van der Waals surface area contributed by atoms with Crippen LogP contribution in [0.2, 0.25) is 0 Å². The molecule has 15 heavy (non-hydrogen) atoms. The van der Waals surface area contributed by atoms with E-state index >= 15 is 0 Å². The molecule has 0 aromatic heterocycles. The van der Waals surface area contributed by atoms with Crippen LogP contribution in [0.15, 0.2) is 0 Å². The first-order valence-electron chi connectivity index (χ1n) is 5.98. The number of urea groups is 1. The van der Waals surface area contributed by atoms with E-state index in [1.807, 2.05) is 0 Å². The maximum atomic E-state index is 11.4. The molecule has 1 saturated carbocycles. The first-order chi connectivity index (χ1) is 7.00. The Kier molecular flexibility index (Phi) is 4.43. The van der Waals surface area contributed by atoms with Crippen molar-refractivity contribution in [3.63, 3.8) is 0 Å². The van der Waals surface area contributed by atoms with Gasteiger partial charge in [0, 0.05) is 20.1 Å².